The summed E-state index contributed by atoms with van der Waals surface area (Å²) >= 11 is 0. The molecule has 0 unspecified atom stereocenters. The second-order valence-corrected chi connectivity index (χ2v) is 13.2. The lowest BCUT2D eigenvalue weighted by Crippen LogP contribution is -2.44. The van der Waals surface area contributed by atoms with Crippen molar-refractivity contribution in [3.8, 4) is 17.2 Å². The van der Waals surface area contributed by atoms with Crippen LogP contribution in [0.15, 0.2) is 72.8 Å². The average molecular weight is 629 g/mol. The van der Waals surface area contributed by atoms with E-state index in [9.17, 15) is 10.0 Å². The van der Waals surface area contributed by atoms with Crippen LogP contribution < -0.4 is 14.2 Å². The highest BCUT2D eigenvalue weighted by Gasteiger charge is 2.52. The average Bonchev–Trinajstić information content (AvgIpc) is 3.32. The van der Waals surface area contributed by atoms with Crippen LogP contribution >= 0.6 is 0 Å². The molecular formula is C40H54NO5. The Hall–Kier alpha value is -3.35. The predicted octanol–water partition coefficient (Wildman–Crippen LogP) is 10.6. The molecule has 1 radical (unpaired) electrons. The molecule has 6 nitrogen and oxygen atoms in total. The molecule has 0 amide bonds. The Kier molecular flexibility index (Phi) is 13.5. The second kappa shape index (κ2) is 17.5. The molecule has 0 spiro atoms. The van der Waals surface area contributed by atoms with Crippen LogP contribution in [0.3, 0.4) is 0 Å². The fourth-order valence-corrected chi connectivity index (χ4v) is 6.37. The quantitative estimate of drug-likeness (QED) is 0.0750. The highest BCUT2D eigenvalue weighted by molar-refractivity contribution is 5.91. The van der Waals surface area contributed by atoms with Crippen LogP contribution in [-0.2, 0) is 16.3 Å². The summed E-state index contributed by atoms with van der Waals surface area (Å²) < 4.78 is 17.4. The van der Waals surface area contributed by atoms with E-state index in [0.717, 1.165) is 48.5 Å². The fraction of sp³-hybridized carbons (Fsp3) is 0.525. The molecule has 0 saturated carbocycles. The maximum absolute atomic E-state index is 13.9. The van der Waals surface area contributed by atoms with Crippen LogP contribution in [0.25, 0.3) is 0 Å². The first-order chi connectivity index (χ1) is 22.3. The van der Waals surface area contributed by atoms with Gasteiger partial charge in [-0.05, 0) is 99.2 Å². The van der Waals surface area contributed by atoms with Crippen molar-refractivity contribution in [3.63, 3.8) is 0 Å². The van der Waals surface area contributed by atoms with Gasteiger partial charge in [-0.2, -0.15) is 0 Å². The maximum Gasteiger partial charge on any atom is 0.343 e. The van der Waals surface area contributed by atoms with Crippen LogP contribution in [0.4, 0.5) is 0 Å². The Bertz CT molecular complexity index is 1320. The molecule has 1 fully saturated rings. The monoisotopic (exact) mass is 628 g/mol. The third kappa shape index (κ3) is 9.36. The number of benzene rings is 3. The van der Waals surface area contributed by atoms with Crippen molar-refractivity contribution >= 4 is 5.97 Å². The summed E-state index contributed by atoms with van der Waals surface area (Å²) in [5, 5.41) is 15.2. The van der Waals surface area contributed by atoms with Gasteiger partial charge in [-0.1, -0.05) is 95.9 Å². The van der Waals surface area contributed by atoms with E-state index >= 15 is 0 Å². The number of hydroxylamine groups is 2. The number of ether oxygens (including phenoxy) is 3. The Morgan fingerprint density at radius 3 is 1.46 bits per heavy atom. The highest BCUT2D eigenvalue weighted by atomic mass is 16.5. The van der Waals surface area contributed by atoms with Gasteiger partial charge >= 0.3 is 5.97 Å². The minimum atomic E-state index is -0.712. The number of carbonyl (C=O) groups is 1. The number of unbranched alkanes of at least 4 members (excludes halogenated alkanes) is 9. The van der Waals surface area contributed by atoms with Gasteiger partial charge in [-0.15, -0.1) is 10.3 Å². The molecule has 249 valence electrons. The number of hydrogen-bond donors (Lipinski definition) is 0. The first kappa shape index (κ1) is 35.5. The summed E-state index contributed by atoms with van der Waals surface area (Å²) in [7, 11) is 0. The fourth-order valence-electron chi connectivity index (χ4n) is 6.37. The predicted molar refractivity (Wildman–Crippen MR) is 184 cm³/mol. The number of hydrogen-bond acceptors (Lipinski definition) is 5. The molecule has 3 aromatic carbocycles. The Balaban J connectivity index is 1.28. The molecule has 6 heteroatoms. The molecule has 0 N–H and O–H groups in total. The Morgan fingerprint density at radius 1 is 0.587 bits per heavy atom. The number of nitrogens with zero attached hydrogens (tertiary/aromatic N) is 1. The van der Waals surface area contributed by atoms with E-state index < -0.39 is 17.0 Å². The molecule has 2 atom stereocenters. The maximum atomic E-state index is 13.9. The van der Waals surface area contributed by atoms with Gasteiger partial charge in [0.25, 0.3) is 0 Å². The standard InChI is InChI=1S/C40H54NO5/c1-5-7-9-11-13-15-31-45-36-24-26-37(27-25-36)46-38(42)32-16-18-33(19-17-32)39(3)28-29-40(4,41(39)43)34-20-22-35(23-21-34)44-30-14-12-10-8-6-2/h16-27H,5-15,28-31H2,1-4H3/t39-,40-/m0/s1. The van der Waals surface area contributed by atoms with E-state index in [4.69, 9.17) is 14.2 Å². The summed E-state index contributed by atoms with van der Waals surface area (Å²) in [6.45, 7) is 9.87. The van der Waals surface area contributed by atoms with Crippen molar-refractivity contribution in [3.05, 3.63) is 89.5 Å². The zero-order valence-corrected chi connectivity index (χ0v) is 28.5. The third-order valence-corrected chi connectivity index (χ3v) is 9.53. The van der Waals surface area contributed by atoms with Gasteiger partial charge in [0.1, 0.15) is 17.2 Å². The Labute approximate surface area is 277 Å². The minimum absolute atomic E-state index is 0.434. The van der Waals surface area contributed by atoms with Gasteiger partial charge in [-0.25, -0.2) is 4.79 Å². The SMILES string of the molecule is CCCCCCCCOc1ccc(OC(=O)c2ccc([C@]3(C)CC[C@@](C)(c4ccc(OCCCCCCC)cc4)N3[O])cc2)cc1. The first-order valence-corrected chi connectivity index (χ1v) is 17.6. The van der Waals surface area contributed by atoms with Gasteiger partial charge in [0, 0.05) is 0 Å². The molecule has 0 aromatic heterocycles. The van der Waals surface area contributed by atoms with Gasteiger partial charge in [-0.3, -0.25) is 0 Å². The van der Waals surface area contributed by atoms with Crippen LogP contribution in [0.1, 0.15) is 133 Å². The van der Waals surface area contributed by atoms with Crippen LogP contribution in [0.5, 0.6) is 17.2 Å². The molecule has 4 rings (SSSR count). The van der Waals surface area contributed by atoms with Crippen molar-refractivity contribution in [1.29, 1.82) is 0 Å². The molecule has 1 heterocycles. The Morgan fingerprint density at radius 2 is 0.978 bits per heavy atom. The van der Waals surface area contributed by atoms with Crippen LogP contribution in [0.2, 0.25) is 0 Å². The normalized spacial score (nSPS) is 19.7. The summed E-state index contributed by atoms with van der Waals surface area (Å²) in [5.74, 6) is 1.65. The van der Waals surface area contributed by atoms with E-state index in [-0.39, 0.29) is 0 Å². The number of esters is 1. The van der Waals surface area contributed by atoms with Crippen LogP contribution in [0, 0.1) is 0 Å². The molecule has 1 aliphatic rings. The van der Waals surface area contributed by atoms with E-state index in [1.165, 1.54) is 62.9 Å². The van der Waals surface area contributed by atoms with E-state index in [2.05, 4.69) is 13.8 Å². The topological polar surface area (TPSA) is 67.9 Å². The summed E-state index contributed by atoms with van der Waals surface area (Å²) in [4.78, 5) is 12.9. The van der Waals surface area contributed by atoms with Crippen molar-refractivity contribution in [2.75, 3.05) is 13.2 Å². The largest absolute Gasteiger partial charge is 0.494 e. The molecule has 1 saturated heterocycles. The molecule has 46 heavy (non-hydrogen) atoms. The highest BCUT2D eigenvalue weighted by Crippen LogP contribution is 2.51. The molecular weight excluding hydrogens is 574 g/mol. The zero-order chi connectivity index (χ0) is 32.8. The summed E-state index contributed by atoms with van der Waals surface area (Å²) in [5.41, 5.74) is 0.944. The molecule has 0 aliphatic carbocycles. The van der Waals surface area contributed by atoms with E-state index in [1.54, 1.807) is 24.3 Å². The second-order valence-electron chi connectivity index (χ2n) is 13.2. The third-order valence-electron chi connectivity index (χ3n) is 9.53. The molecule has 1 aliphatic heterocycles. The summed E-state index contributed by atoms with van der Waals surface area (Å²) in [6, 6.07) is 22.4. The van der Waals surface area contributed by atoms with Gasteiger partial charge in [0.15, 0.2) is 0 Å². The molecule has 3 aromatic rings. The van der Waals surface area contributed by atoms with Gasteiger partial charge in [0.2, 0.25) is 0 Å². The zero-order valence-electron chi connectivity index (χ0n) is 28.5. The van der Waals surface area contributed by atoms with Gasteiger partial charge in [0.05, 0.1) is 29.9 Å². The summed E-state index contributed by atoms with van der Waals surface area (Å²) in [6.07, 6.45) is 14.8. The van der Waals surface area contributed by atoms with Crippen molar-refractivity contribution in [2.24, 2.45) is 0 Å². The van der Waals surface area contributed by atoms with E-state index in [0.29, 0.717) is 24.3 Å². The van der Waals surface area contributed by atoms with Gasteiger partial charge < -0.3 is 14.2 Å². The minimum Gasteiger partial charge on any atom is -0.494 e. The van der Waals surface area contributed by atoms with Crippen molar-refractivity contribution in [2.45, 2.75) is 122 Å². The lowest BCUT2D eigenvalue weighted by Gasteiger charge is -2.37. The number of carbonyl (C=O) groups excluding carboxylic acids is 1. The van der Waals surface area contributed by atoms with Crippen molar-refractivity contribution < 1.29 is 24.2 Å². The lowest BCUT2D eigenvalue weighted by molar-refractivity contribution is -0.260. The smallest absolute Gasteiger partial charge is 0.343 e. The number of rotatable bonds is 19. The van der Waals surface area contributed by atoms with Crippen molar-refractivity contribution in [1.82, 2.24) is 5.06 Å². The van der Waals surface area contributed by atoms with E-state index in [1.807, 2.05) is 62.4 Å². The van der Waals surface area contributed by atoms with Crippen LogP contribution in [-0.4, -0.2) is 24.2 Å². The lowest BCUT2D eigenvalue weighted by atomic mass is 9.89. The molecule has 0 bridgehead atoms. The first-order valence-electron chi connectivity index (χ1n) is 17.6.